The summed E-state index contributed by atoms with van der Waals surface area (Å²) in [6, 6.07) is 12.8. The number of para-hydroxylation sites is 1. The fourth-order valence-electron chi connectivity index (χ4n) is 3.65. The molecule has 0 bridgehead atoms. The average molecular weight is 483 g/mol. The first kappa shape index (κ1) is 23.5. The normalized spacial score (nSPS) is 15.1. The number of hydrogen-bond acceptors (Lipinski definition) is 6. The first-order valence-electron chi connectivity index (χ1n) is 10.8. The number of carboxylic acids is 1. The molecule has 9 heteroatoms. The Kier molecular flexibility index (Phi) is 7.30. The first-order valence-corrected chi connectivity index (χ1v) is 11.2. The SMILES string of the molecule is CCOc1c(OC2CCCO2)cccc1N(C(=O)c1cccnc1)c1ccc(Cl)c(C(=O)O)c1. The number of ether oxygens (including phenoxy) is 3. The molecule has 0 radical (unpaired) electrons. The highest BCUT2D eigenvalue weighted by Gasteiger charge is 2.28. The largest absolute Gasteiger partial charge is 0.488 e. The summed E-state index contributed by atoms with van der Waals surface area (Å²) in [6.07, 6.45) is 4.23. The molecule has 176 valence electrons. The highest BCUT2D eigenvalue weighted by molar-refractivity contribution is 6.33. The van der Waals surface area contributed by atoms with Gasteiger partial charge in [0, 0.05) is 18.8 Å². The first-order chi connectivity index (χ1) is 16.5. The van der Waals surface area contributed by atoms with E-state index in [1.807, 2.05) is 6.92 Å². The fourth-order valence-corrected chi connectivity index (χ4v) is 3.84. The van der Waals surface area contributed by atoms with E-state index in [4.69, 9.17) is 25.8 Å². The fraction of sp³-hybridized carbons (Fsp3) is 0.240. The molecule has 1 atom stereocenters. The number of rotatable bonds is 8. The third kappa shape index (κ3) is 4.98. The number of carbonyl (C=O) groups excluding carboxylic acids is 1. The molecule has 2 heterocycles. The Hall–Kier alpha value is -3.62. The topological polar surface area (TPSA) is 98.2 Å². The predicted octanol–water partition coefficient (Wildman–Crippen LogP) is 5.33. The Morgan fingerprint density at radius 3 is 2.76 bits per heavy atom. The summed E-state index contributed by atoms with van der Waals surface area (Å²) in [4.78, 5) is 30.9. The molecule has 0 aliphatic carbocycles. The zero-order valence-electron chi connectivity index (χ0n) is 18.4. The van der Waals surface area contributed by atoms with Crippen molar-refractivity contribution in [3.63, 3.8) is 0 Å². The minimum Gasteiger partial charge on any atom is -0.488 e. The van der Waals surface area contributed by atoms with E-state index in [1.165, 1.54) is 23.2 Å². The number of aromatic carboxylic acids is 1. The van der Waals surface area contributed by atoms with E-state index in [9.17, 15) is 14.7 Å². The minimum atomic E-state index is -1.21. The molecule has 1 unspecified atom stereocenters. The van der Waals surface area contributed by atoms with Crippen molar-refractivity contribution in [3.8, 4) is 11.5 Å². The van der Waals surface area contributed by atoms with Gasteiger partial charge in [-0.1, -0.05) is 17.7 Å². The standard InChI is InChI=1S/C25H23ClN2O6/c1-2-32-23-20(7-3-8-21(23)34-22-9-5-13-33-22)28(24(29)16-6-4-12-27-15-16)17-10-11-19(26)18(14-17)25(30)31/h3-4,6-8,10-12,14-15,22H,2,5,9,13H2,1H3,(H,30,31). The summed E-state index contributed by atoms with van der Waals surface area (Å²) < 4.78 is 17.6. The monoisotopic (exact) mass is 482 g/mol. The Morgan fingerprint density at radius 2 is 2.09 bits per heavy atom. The maximum absolute atomic E-state index is 13.7. The molecule has 0 spiro atoms. The smallest absolute Gasteiger partial charge is 0.337 e. The number of aromatic nitrogens is 1. The number of amides is 1. The highest BCUT2D eigenvalue weighted by atomic mass is 35.5. The van der Waals surface area contributed by atoms with E-state index < -0.39 is 18.2 Å². The number of carbonyl (C=O) groups is 2. The lowest BCUT2D eigenvalue weighted by molar-refractivity contribution is -0.0404. The van der Waals surface area contributed by atoms with Crippen LogP contribution in [0.15, 0.2) is 60.9 Å². The molecule has 1 saturated heterocycles. The van der Waals surface area contributed by atoms with Crippen LogP contribution in [0.3, 0.4) is 0 Å². The number of halogens is 1. The lowest BCUT2D eigenvalue weighted by atomic mass is 10.1. The summed E-state index contributed by atoms with van der Waals surface area (Å²) >= 11 is 6.09. The van der Waals surface area contributed by atoms with E-state index in [2.05, 4.69) is 4.98 Å². The molecule has 1 aliphatic rings. The van der Waals surface area contributed by atoms with Gasteiger partial charge in [-0.2, -0.15) is 0 Å². The van der Waals surface area contributed by atoms with Gasteiger partial charge in [-0.25, -0.2) is 4.79 Å². The lowest BCUT2D eigenvalue weighted by Gasteiger charge is -2.27. The molecular formula is C25H23ClN2O6. The highest BCUT2D eigenvalue weighted by Crippen LogP contribution is 2.43. The Balaban J connectivity index is 1.87. The Labute approximate surface area is 201 Å². The zero-order chi connectivity index (χ0) is 24.1. The summed E-state index contributed by atoms with van der Waals surface area (Å²) in [5.41, 5.74) is 0.853. The number of pyridine rings is 1. The van der Waals surface area contributed by atoms with Gasteiger partial charge in [0.1, 0.15) is 0 Å². The van der Waals surface area contributed by atoms with Gasteiger partial charge >= 0.3 is 5.97 Å². The van der Waals surface area contributed by atoms with Crippen LogP contribution in [0.25, 0.3) is 0 Å². The molecule has 4 rings (SSSR count). The van der Waals surface area contributed by atoms with Crippen molar-refractivity contribution >= 4 is 34.9 Å². The van der Waals surface area contributed by atoms with E-state index in [0.29, 0.717) is 41.7 Å². The maximum Gasteiger partial charge on any atom is 0.337 e. The third-order valence-electron chi connectivity index (χ3n) is 5.18. The molecule has 1 amide bonds. The molecule has 1 aliphatic heterocycles. The number of nitrogens with zero attached hydrogens (tertiary/aromatic N) is 2. The number of benzene rings is 2. The number of hydrogen-bond donors (Lipinski definition) is 1. The van der Waals surface area contributed by atoms with Gasteiger partial charge in [0.25, 0.3) is 5.91 Å². The molecule has 1 fully saturated rings. The minimum absolute atomic E-state index is 0.0607. The van der Waals surface area contributed by atoms with Crippen LogP contribution in [0.2, 0.25) is 5.02 Å². The zero-order valence-corrected chi connectivity index (χ0v) is 19.2. The van der Waals surface area contributed by atoms with Crippen molar-refractivity contribution in [1.29, 1.82) is 0 Å². The molecule has 3 aromatic rings. The Morgan fingerprint density at radius 1 is 1.24 bits per heavy atom. The van der Waals surface area contributed by atoms with Crippen LogP contribution >= 0.6 is 11.6 Å². The van der Waals surface area contributed by atoms with Crippen molar-refractivity contribution in [2.75, 3.05) is 18.1 Å². The van der Waals surface area contributed by atoms with E-state index in [-0.39, 0.29) is 10.6 Å². The van der Waals surface area contributed by atoms with Crippen molar-refractivity contribution in [2.45, 2.75) is 26.1 Å². The molecule has 0 saturated carbocycles. The summed E-state index contributed by atoms with van der Waals surface area (Å²) in [6.45, 7) is 2.75. The van der Waals surface area contributed by atoms with Crippen LogP contribution in [-0.4, -0.2) is 41.5 Å². The second-order valence-corrected chi connectivity index (χ2v) is 7.86. The predicted molar refractivity (Wildman–Crippen MR) is 126 cm³/mol. The van der Waals surface area contributed by atoms with Crippen molar-refractivity contribution in [2.24, 2.45) is 0 Å². The van der Waals surface area contributed by atoms with Crippen LogP contribution in [-0.2, 0) is 4.74 Å². The van der Waals surface area contributed by atoms with E-state index in [0.717, 1.165) is 12.8 Å². The van der Waals surface area contributed by atoms with Gasteiger partial charge < -0.3 is 19.3 Å². The second-order valence-electron chi connectivity index (χ2n) is 7.45. The van der Waals surface area contributed by atoms with Crippen LogP contribution in [0, 0.1) is 0 Å². The second kappa shape index (κ2) is 10.5. The van der Waals surface area contributed by atoms with Crippen LogP contribution < -0.4 is 14.4 Å². The van der Waals surface area contributed by atoms with Crippen LogP contribution in [0.5, 0.6) is 11.5 Å². The maximum atomic E-state index is 13.7. The average Bonchev–Trinajstić information content (AvgIpc) is 3.35. The van der Waals surface area contributed by atoms with Gasteiger partial charge in [-0.3, -0.25) is 14.7 Å². The van der Waals surface area contributed by atoms with Gasteiger partial charge in [0.05, 0.1) is 40.7 Å². The molecule has 34 heavy (non-hydrogen) atoms. The lowest BCUT2D eigenvalue weighted by Crippen LogP contribution is -2.27. The van der Waals surface area contributed by atoms with Crippen molar-refractivity contribution < 1.29 is 28.9 Å². The van der Waals surface area contributed by atoms with Crippen molar-refractivity contribution in [1.82, 2.24) is 4.98 Å². The Bertz CT molecular complexity index is 1180. The van der Waals surface area contributed by atoms with E-state index >= 15 is 0 Å². The molecule has 8 nitrogen and oxygen atoms in total. The van der Waals surface area contributed by atoms with Crippen LogP contribution in [0.4, 0.5) is 11.4 Å². The molecule has 1 aromatic heterocycles. The molecule has 2 aromatic carbocycles. The number of carboxylic acid groups (broad SMARTS) is 1. The molecule has 1 N–H and O–H groups in total. The van der Waals surface area contributed by atoms with Gasteiger partial charge in [-0.15, -0.1) is 0 Å². The summed E-state index contributed by atoms with van der Waals surface area (Å²) in [7, 11) is 0. The summed E-state index contributed by atoms with van der Waals surface area (Å²) in [5, 5.41) is 9.64. The number of anilines is 2. The van der Waals surface area contributed by atoms with E-state index in [1.54, 1.807) is 42.6 Å². The summed E-state index contributed by atoms with van der Waals surface area (Å²) in [5.74, 6) is -0.879. The third-order valence-corrected chi connectivity index (χ3v) is 5.51. The van der Waals surface area contributed by atoms with Crippen molar-refractivity contribution in [3.05, 3.63) is 77.1 Å². The van der Waals surface area contributed by atoms with Gasteiger partial charge in [-0.05, 0) is 55.8 Å². The quantitative estimate of drug-likeness (QED) is 0.463. The van der Waals surface area contributed by atoms with Crippen LogP contribution in [0.1, 0.15) is 40.5 Å². The van der Waals surface area contributed by atoms with Gasteiger partial charge in [0.2, 0.25) is 0 Å². The molecular weight excluding hydrogens is 460 g/mol. The van der Waals surface area contributed by atoms with Gasteiger partial charge in [0.15, 0.2) is 17.8 Å².